The van der Waals surface area contributed by atoms with E-state index in [4.69, 9.17) is 10.3 Å². The van der Waals surface area contributed by atoms with Crippen LogP contribution in [0.25, 0.3) is 11.0 Å². The van der Waals surface area contributed by atoms with Gasteiger partial charge in [-0.25, -0.2) is 15.5 Å². The van der Waals surface area contributed by atoms with E-state index in [9.17, 15) is 4.79 Å². The van der Waals surface area contributed by atoms with E-state index in [-0.39, 0.29) is 5.76 Å². The maximum atomic E-state index is 11.9. The first-order chi connectivity index (χ1) is 10.1. The van der Waals surface area contributed by atoms with E-state index < -0.39 is 5.91 Å². The highest BCUT2D eigenvalue weighted by molar-refractivity contribution is 5.98. The predicted molar refractivity (Wildman–Crippen MR) is 76.5 cm³/mol. The lowest BCUT2D eigenvalue weighted by molar-refractivity contribution is 0.0926. The van der Waals surface area contributed by atoms with Gasteiger partial charge in [0.25, 0.3) is 0 Å². The summed E-state index contributed by atoms with van der Waals surface area (Å²) in [5, 5.41) is 5.18. The molecule has 3 rings (SSSR count). The molecule has 3 aromatic rings. The van der Waals surface area contributed by atoms with Crippen LogP contribution in [0.4, 0.5) is 0 Å². The Balaban J connectivity index is 2.15. The molecular weight excluding hydrogens is 270 g/mol. The van der Waals surface area contributed by atoms with Gasteiger partial charge in [-0.3, -0.25) is 10.2 Å². The molecule has 0 aliphatic carbocycles. The van der Waals surface area contributed by atoms with Gasteiger partial charge in [-0.15, -0.1) is 0 Å². The second-order valence-electron chi connectivity index (χ2n) is 4.74. The van der Waals surface area contributed by atoms with Crippen LogP contribution in [-0.4, -0.2) is 20.7 Å². The topological polar surface area (TPSA) is 99.0 Å². The van der Waals surface area contributed by atoms with Crippen molar-refractivity contribution in [2.24, 2.45) is 5.84 Å². The second kappa shape index (κ2) is 5.02. The number of nitrogen functional groups attached to an aromatic ring is 1. The van der Waals surface area contributed by atoms with Crippen LogP contribution in [0, 0.1) is 13.8 Å². The van der Waals surface area contributed by atoms with E-state index in [1.165, 1.54) is 0 Å². The highest BCUT2D eigenvalue weighted by Gasteiger charge is 2.21. The van der Waals surface area contributed by atoms with Gasteiger partial charge < -0.3 is 4.42 Å². The van der Waals surface area contributed by atoms with E-state index in [1.54, 1.807) is 4.68 Å². The van der Waals surface area contributed by atoms with Crippen molar-refractivity contribution >= 4 is 16.9 Å². The zero-order valence-electron chi connectivity index (χ0n) is 11.8. The summed E-state index contributed by atoms with van der Waals surface area (Å²) in [6, 6.07) is 7.46. The number of aryl methyl sites for hydroxylation is 2. The molecule has 2 heterocycles. The third-order valence-corrected chi connectivity index (χ3v) is 3.31. The van der Waals surface area contributed by atoms with Crippen molar-refractivity contribution in [3.05, 3.63) is 47.2 Å². The number of furan rings is 1. The summed E-state index contributed by atoms with van der Waals surface area (Å²) in [6.07, 6.45) is 0. The normalized spacial score (nSPS) is 11.0. The Bertz CT molecular complexity index is 818. The monoisotopic (exact) mass is 285 g/mol. The van der Waals surface area contributed by atoms with Crippen LogP contribution in [0.2, 0.25) is 0 Å². The first-order valence-corrected chi connectivity index (χ1v) is 6.49. The SMILES string of the molecule is Cc1nc(C)n(Cc2c(C(=O)NN)oc3ccccc23)n1. The van der Waals surface area contributed by atoms with E-state index in [0.717, 1.165) is 16.8 Å². The Morgan fingerprint density at radius 2 is 2.14 bits per heavy atom. The molecule has 0 bridgehead atoms. The van der Waals surface area contributed by atoms with Gasteiger partial charge >= 0.3 is 5.91 Å². The molecule has 0 saturated carbocycles. The highest BCUT2D eigenvalue weighted by Crippen LogP contribution is 2.26. The number of nitrogens with zero attached hydrogens (tertiary/aromatic N) is 3. The molecule has 7 heteroatoms. The van der Waals surface area contributed by atoms with Crippen molar-refractivity contribution in [3.63, 3.8) is 0 Å². The molecule has 0 saturated heterocycles. The van der Waals surface area contributed by atoms with E-state index in [0.29, 0.717) is 18.0 Å². The van der Waals surface area contributed by atoms with Crippen LogP contribution in [0.3, 0.4) is 0 Å². The van der Waals surface area contributed by atoms with Crippen molar-refractivity contribution in [2.45, 2.75) is 20.4 Å². The van der Waals surface area contributed by atoms with E-state index in [2.05, 4.69) is 15.5 Å². The third-order valence-electron chi connectivity index (χ3n) is 3.31. The molecule has 1 aromatic carbocycles. The zero-order chi connectivity index (χ0) is 15.0. The Labute approximate surface area is 120 Å². The van der Waals surface area contributed by atoms with Crippen molar-refractivity contribution in [2.75, 3.05) is 0 Å². The van der Waals surface area contributed by atoms with Gasteiger partial charge in [0.1, 0.15) is 17.2 Å². The van der Waals surface area contributed by atoms with Crippen molar-refractivity contribution in [1.82, 2.24) is 20.2 Å². The minimum atomic E-state index is -0.462. The van der Waals surface area contributed by atoms with Gasteiger partial charge in [-0.2, -0.15) is 5.10 Å². The summed E-state index contributed by atoms with van der Waals surface area (Å²) in [7, 11) is 0. The number of para-hydroxylation sites is 1. The summed E-state index contributed by atoms with van der Waals surface area (Å²) in [4.78, 5) is 16.2. The summed E-state index contributed by atoms with van der Waals surface area (Å²) >= 11 is 0. The third kappa shape index (κ3) is 2.27. The summed E-state index contributed by atoms with van der Waals surface area (Å²) in [6.45, 7) is 4.09. The lowest BCUT2D eigenvalue weighted by Gasteiger charge is -2.04. The fraction of sp³-hybridized carbons (Fsp3) is 0.214. The predicted octanol–water partition coefficient (Wildman–Crippen LogP) is 1.29. The Morgan fingerprint density at radius 3 is 2.81 bits per heavy atom. The highest BCUT2D eigenvalue weighted by atomic mass is 16.3. The van der Waals surface area contributed by atoms with Crippen LogP contribution in [-0.2, 0) is 6.54 Å². The second-order valence-corrected chi connectivity index (χ2v) is 4.74. The fourth-order valence-electron chi connectivity index (χ4n) is 2.37. The Hall–Kier alpha value is -2.67. The Kier molecular flexibility index (Phi) is 3.19. The van der Waals surface area contributed by atoms with Crippen LogP contribution >= 0.6 is 0 Å². The lowest BCUT2D eigenvalue weighted by atomic mass is 10.1. The van der Waals surface area contributed by atoms with Gasteiger partial charge in [0.2, 0.25) is 0 Å². The summed E-state index contributed by atoms with van der Waals surface area (Å²) in [5.41, 5.74) is 3.49. The van der Waals surface area contributed by atoms with Crippen molar-refractivity contribution in [3.8, 4) is 0 Å². The largest absolute Gasteiger partial charge is 0.450 e. The van der Waals surface area contributed by atoms with Crippen molar-refractivity contribution < 1.29 is 9.21 Å². The average Bonchev–Trinajstić information content (AvgIpc) is 2.99. The number of hydrazine groups is 1. The fourth-order valence-corrected chi connectivity index (χ4v) is 2.37. The number of fused-ring (bicyclic) bond motifs is 1. The molecule has 0 aliphatic heterocycles. The first kappa shape index (κ1) is 13.3. The number of aromatic nitrogens is 3. The summed E-state index contributed by atoms with van der Waals surface area (Å²) in [5.74, 6) is 6.43. The average molecular weight is 285 g/mol. The standard InChI is InChI=1S/C14H15N5O2/c1-8-16-9(2)19(18-8)7-11-10-5-3-4-6-12(10)21-13(11)14(20)17-15/h3-6H,7,15H2,1-2H3,(H,17,20). The molecule has 0 spiro atoms. The smallest absolute Gasteiger partial charge is 0.301 e. The van der Waals surface area contributed by atoms with Gasteiger partial charge in [0, 0.05) is 10.9 Å². The van der Waals surface area contributed by atoms with Crippen molar-refractivity contribution in [1.29, 1.82) is 0 Å². The quantitative estimate of drug-likeness (QED) is 0.429. The number of nitrogens with two attached hydrogens (primary N) is 1. The summed E-state index contributed by atoms with van der Waals surface area (Å²) < 4.78 is 7.35. The lowest BCUT2D eigenvalue weighted by Crippen LogP contribution is -2.30. The van der Waals surface area contributed by atoms with Crippen LogP contribution < -0.4 is 11.3 Å². The molecule has 3 N–H and O–H groups in total. The molecule has 21 heavy (non-hydrogen) atoms. The zero-order valence-corrected chi connectivity index (χ0v) is 11.8. The molecule has 0 fully saturated rings. The molecule has 2 aromatic heterocycles. The number of nitrogens with one attached hydrogen (secondary N) is 1. The van der Waals surface area contributed by atoms with Crippen LogP contribution in [0.5, 0.6) is 0 Å². The molecular formula is C14H15N5O2. The van der Waals surface area contributed by atoms with Gasteiger partial charge in [-0.05, 0) is 19.9 Å². The maximum absolute atomic E-state index is 11.9. The molecule has 7 nitrogen and oxygen atoms in total. The minimum absolute atomic E-state index is 0.200. The number of rotatable bonds is 3. The van der Waals surface area contributed by atoms with Gasteiger partial charge in [0.05, 0.1) is 6.54 Å². The molecule has 0 aliphatic rings. The number of carbonyl (C=O) groups is 1. The molecule has 1 amide bonds. The van der Waals surface area contributed by atoms with Crippen LogP contribution in [0.15, 0.2) is 28.7 Å². The number of carbonyl (C=O) groups excluding carboxylic acids is 1. The van der Waals surface area contributed by atoms with E-state index >= 15 is 0 Å². The first-order valence-electron chi connectivity index (χ1n) is 6.49. The molecule has 108 valence electrons. The van der Waals surface area contributed by atoms with E-state index in [1.807, 2.05) is 38.1 Å². The Morgan fingerprint density at radius 1 is 1.38 bits per heavy atom. The van der Waals surface area contributed by atoms with Gasteiger partial charge in [0.15, 0.2) is 5.76 Å². The minimum Gasteiger partial charge on any atom is -0.450 e. The number of hydrogen-bond acceptors (Lipinski definition) is 5. The van der Waals surface area contributed by atoms with Gasteiger partial charge in [-0.1, -0.05) is 18.2 Å². The molecule has 0 unspecified atom stereocenters. The number of amides is 1. The molecule has 0 atom stereocenters. The number of hydrogen-bond donors (Lipinski definition) is 2. The van der Waals surface area contributed by atoms with Crippen LogP contribution in [0.1, 0.15) is 27.8 Å². The molecule has 0 radical (unpaired) electrons. The maximum Gasteiger partial charge on any atom is 0.301 e. The number of benzene rings is 1.